The SMILES string of the molecule is CCCOC(CCCC(NC(=O)OC(C)(C)C)C(=O)O)C(CCC(C)C)[C@H](C)OCc1ccc(OC)cc1. The summed E-state index contributed by atoms with van der Waals surface area (Å²) in [5.74, 6) is 0.441. The van der Waals surface area contributed by atoms with Crippen LogP contribution in [0.3, 0.4) is 0 Å². The van der Waals surface area contributed by atoms with Crippen LogP contribution in [-0.2, 0) is 25.6 Å². The maximum absolute atomic E-state index is 12.1. The van der Waals surface area contributed by atoms with Crippen LogP contribution in [0, 0.1) is 11.8 Å². The molecule has 8 nitrogen and oxygen atoms in total. The first-order chi connectivity index (χ1) is 17.9. The molecule has 218 valence electrons. The monoisotopic (exact) mass is 537 g/mol. The van der Waals surface area contributed by atoms with Gasteiger partial charge in [-0.05, 0) is 83.4 Å². The van der Waals surface area contributed by atoms with Crippen LogP contribution < -0.4 is 10.1 Å². The van der Waals surface area contributed by atoms with Crippen LogP contribution in [0.15, 0.2) is 24.3 Å². The number of aliphatic carboxylic acids is 1. The Bertz CT molecular complexity index is 804. The summed E-state index contributed by atoms with van der Waals surface area (Å²) >= 11 is 0. The molecule has 0 fully saturated rings. The number of carbonyl (C=O) groups excluding carboxylic acids is 1. The van der Waals surface area contributed by atoms with E-state index in [0.717, 1.165) is 30.6 Å². The molecule has 38 heavy (non-hydrogen) atoms. The molecule has 4 atom stereocenters. The fraction of sp³-hybridized carbons (Fsp3) is 0.733. The Morgan fingerprint density at radius 1 is 0.974 bits per heavy atom. The lowest BCUT2D eigenvalue weighted by Gasteiger charge is -2.33. The third-order valence-electron chi connectivity index (χ3n) is 6.34. The van der Waals surface area contributed by atoms with Gasteiger partial charge in [-0.1, -0.05) is 39.3 Å². The minimum absolute atomic E-state index is 0.0483. The van der Waals surface area contributed by atoms with Crippen molar-refractivity contribution in [1.82, 2.24) is 5.32 Å². The lowest BCUT2D eigenvalue weighted by Crippen LogP contribution is -2.43. The number of methoxy groups -OCH3 is 1. The minimum atomic E-state index is -1.07. The maximum Gasteiger partial charge on any atom is 0.408 e. The number of nitrogens with one attached hydrogen (secondary N) is 1. The molecule has 1 rings (SSSR count). The molecule has 8 heteroatoms. The Morgan fingerprint density at radius 3 is 2.16 bits per heavy atom. The summed E-state index contributed by atoms with van der Waals surface area (Å²) in [7, 11) is 1.65. The summed E-state index contributed by atoms with van der Waals surface area (Å²) in [5.41, 5.74) is 0.376. The summed E-state index contributed by atoms with van der Waals surface area (Å²) < 4.78 is 23.1. The summed E-state index contributed by atoms with van der Waals surface area (Å²) in [6.07, 6.45) is 3.61. The first kappa shape index (κ1) is 33.7. The third-order valence-corrected chi connectivity index (χ3v) is 6.34. The summed E-state index contributed by atoms with van der Waals surface area (Å²) in [6.45, 7) is 14.9. The fourth-order valence-electron chi connectivity index (χ4n) is 4.24. The predicted octanol–water partition coefficient (Wildman–Crippen LogP) is 6.60. The zero-order valence-electron chi connectivity index (χ0n) is 24.7. The van der Waals surface area contributed by atoms with Gasteiger partial charge in [-0.15, -0.1) is 0 Å². The lowest BCUT2D eigenvalue weighted by atomic mass is 9.86. The molecular weight excluding hydrogens is 486 g/mol. The van der Waals surface area contributed by atoms with Gasteiger partial charge in [0, 0.05) is 12.5 Å². The number of carboxylic acid groups (broad SMARTS) is 1. The van der Waals surface area contributed by atoms with Crippen LogP contribution in [0.25, 0.3) is 0 Å². The van der Waals surface area contributed by atoms with Crippen LogP contribution in [0.5, 0.6) is 5.75 Å². The fourth-order valence-corrected chi connectivity index (χ4v) is 4.24. The highest BCUT2D eigenvalue weighted by molar-refractivity contribution is 5.79. The van der Waals surface area contributed by atoms with Crippen molar-refractivity contribution >= 4 is 12.1 Å². The van der Waals surface area contributed by atoms with E-state index < -0.39 is 23.7 Å². The topological polar surface area (TPSA) is 103 Å². The molecule has 0 aliphatic rings. The molecule has 0 saturated carbocycles. The largest absolute Gasteiger partial charge is 0.497 e. The number of carboxylic acids is 1. The van der Waals surface area contributed by atoms with Crippen molar-refractivity contribution in [2.45, 2.75) is 117 Å². The van der Waals surface area contributed by atoms with E-state index in [0.29, 0.717) is 38.4 Å². The molecule has 0 spiro atoms. The van der Waals surface area contributed by atoms with Crippen molar-refractivity contribution < 1.29 is 33.6 Å². The van der Waals surface area contributed by atoms with Crippen LogP contribution in [0.4, 0.5) is 4.79 Å². The molecule has 0 saturated heterocycles. The molecular formula is C30H51NO7. The van der Waals surface area contributed by atoms with E-state index in [1.807, 2.05) is 24.3 Å². The predicted molar refractivity (Wildman–Crippen MR) is 149 cm³/mol. The van der Waals surface area contributed by atoms with Gasteiger partial charge >= 0.3 is 12.1 Å². The summed E-state index contributed by atoms with van der Waals surface area (Å²) in [4.78, 5) is 23.9. The zero-order valence-corrected chi connectivity index (χ0v) is 24.7. The Morgan fingerprint density at radius 2 is 1.63 bits per heavy atom. The average molecular weight is 538 g/mol. The van der Waals surface area contributed by atoms with Gasteiger partial charge in [0.15, 0.2) is 0 Å². The number of hydrogen-bond acceptors (Lipinski definition) is 6. The van der Waals surface area contributed by atoms with Crippen LogP contribution in [0.2, 0.25) is 0 Å². The molecule has 0 radical (unpaired) electrons. The molecule has 0 aliphatic carbocycles. The smallest absolute Gasteiger partial charge is 0.408 e. The zero-order chi connectivity index (χ0) is 28.7. The highest BCUT2D eigenvalue weighted by Crippen LogP contribution is 2.28. The Hall–Kier alpha value is -2.32. The molecule has 2 N–H and O–H groups in total. The molecule has 0 heterocycles. The van der Waals surface area contributed by atoms with Gasteiger partial charge in [0.25, 0.3) is 0 Å². The Kier molecular flexibility index (Phi) is 15.3. The van der Waals surface area contributed by atoms with E-state index in [2.05, 4.69) is 33.0 Å². The quantitative estimate of drug-likeness (QED) is 0.217. The van der Waals surface area contributed by atoms with E-state index in [1.165, 1.54) is 0 Å². The number of amides is 1. The van der Waals surface area contributed by atoms with E-state index in [4.69, 9.17) is 18.9 Å². The van der Waals surface area contributed by atoms with Gasteiger partial charge in [0.1, 0.15) is 17.4 Å². The van der Waals surface area contributed by atoms with Crippen LogP contribution >= 0.6 is 0 Å². The van der Waals surface area contributed by atoms with Crippen molar-refractivity contribution in [3.8, 4) is 5.75 Å². The average Bonchev–Trinajstić information content (AvgIpc) is 2.83. The maximum atomic E-state index is 12.1. The number of ether oxygens (including phenoxy) is 4. The van der Waals surface area contributed by atoms with Crippen molar-refractivity contribution in [2.75, 3.05) is 13.7 Å². The number of alkyl carbamates (subject to hydrolysis) is 1. The second-order valence-corrected chi connectivity index (χ2v) is 11.4. The van der Waals surface area contributed by atoms with E-state index >= 15 is 0 Å². The first-order valence-electron chi connectivity index (χ1n) is 13.9. The number of rotatable bonds is 18. The van der Waals surface area contributed by atoms with E-state index in [9.17, 15) is 14.7 Å². The van der Waals surface area contributed by atoms with Crippen LogP contribution in [-0.4, -0.2) is 54.7 Å². The second-order valence-electron chi connectivity index (χ2n) is 11.4. The highest BCUT2D eigenvalue weighted by Gasteiger charge is 2.30. The molecule has 1 amide bonds. The minimum Gasteiger partial charge on any atom is -0.497 e. The number of carbonyl (C=O) groups is 2. The molecule has 0 aliphatic heterocycles. The highest BCUT2D eigenvalue weighted by atomic mass is 16.6. The van der Waals surface area contributed by atoms with Crippen molar-refractivity contribution in [3.05, 3.63) is 29.8 Å². The molecule has 0 aromatic heterocycles. The summed E-state index contributed by atoms with van der Waals surface area (Å²) in [6, 6.07) is 6.84. The second kappa shape index (κ2) is 17.3. The number of benzene rings is 1. The molecule has 1 aromatic rings. The standard InChI is InChI=1S/C30H51NO7/c1-9-19-36-27(12-10-11-26(28(32)33)31-29(34)38-30(5,6)7)25(18-13-21(2)3)22(4)37-20-23-14-16-24(35-8)17-15-23/h14-17,21-22,25-27H,9-13,18-20H2,1-8H3,(H,31,34)(H,32,33)/t22-,25?,26?,27?/m0/s1. The third kappa shape index (κ3) is 14.0. The van der Waals surface area contributed by atoms with Gasteiger partial charge in [0.2, 0.25) is 0 Å². The van der Waals surface area contributed by atoms with Crippen LogP contribution in [0.1, 0.15) is 92.6 Å². The molecule has 0 bridgehead atoms. The van der Waals surface area contributed by atoms with Gasteiger partial charge in [-0.3, -0.25) is 0 Å². The Balaban J connectivity index is 2.88. The molecule has 1 aromatic carbocycles. The Labute approximate surface area is 229 Å². The van der Waals surface area contributed by atoms with Crippen molar-refractivity contribution in [1.29, 1.82) is 0 Å². The van der Waals surface area contributed by atoms with Gasteiger partial charge in [0.05, 0.1) is 25.9 Å². The lowest BCUT2D eigenvalue weighted by molar-refractivity contribution is -0.139. The van der Waals surface area contributed by atoms with E-state index in [-0.39, 0.29) is 18.1 Å². The molecule has 3 unspecified atom stereocenters. The van der Waals surface area contributed by atoms with E-state index in [1.54, 1.807) is 27.9 Å². The normalized spacial score (nSPS) is 15.0. The first-order valence-corrected chi connectivity index (χ1v) is 13.9. The van der Waals surface area contributed by atoms with Crippen molar-refractivity contribution in [3.63, 3.8) is 0 Å². The van der Waals surface area contributed by atoms with Gasteiger partial charge < -0.3 is 29.4 Å². The van der Waals surface area contributed by atoms with Gasteiger partial charge in [-0.25, -0.2) is 9.59 Å². The van der Waals surface area contributed by atoms with Crippen molar-refractivity contribution in [2.24, 2.45) is 11.8 Å². The summed E-state index contributed by atoms with van der Waals surface area (Å²) in [5, 5.41) is 12.1. The number of hydrogen-bond donors (Lipinski definition) is 2. The van der Waals surface area contributed by atoms with Gasteiger partial charge in [-0.2, -0.15) is 0 Å².